The Morgan fingerprint density at radius 3 is 2.54 bits per heavy atom. The summed E-state index contributed by atoms with van der Waals surface area (Å²) in [6.07, 6.45) is -0.284. The number of hydrogen-bond donors (Lipinski definition) is 0. The van der Waals surface area contributed by atoms with Crippen molar-refractivity contribution in [1.82, 2.24) is 4.90 Å². The maximum atomic E-state index is 11.9. The second kappa shape index (κ2) is 7.43. The minimum absolute atomic E-state index is 0.0709. The third kappa shape index (κ3) is 4.63. The van der Waals surface area contributed by atoms with Crippen molar-refractivity contribution in [2.45, 2.75) is 45.6 Å². The van der Waals surface area contributed by atoms with Crippen LogP contribution in [0.25, 0.3) is 0 Å². The third-order valence-corrected chi connectivity index (χ3v) is 4.08. The Kier molecular flexibility index (Phi) is 5.75. The molecule has 1 heterocycles. The molecule has 6 heteroatoms. The molecule has 0 bridgehead atoms. The van der Waals surface area contributed by atoms with E-state index < -0.39 is 5.97 Å². The van der Waals surface area contributed by atoms with Gasteiger partial charge in [-0.2, -0.15) is 0 Å². The predicted octanol–water partition coefficient (Wildman–Crippen LogP) is 3.18. The number of hydrogen-bond acceptors (Lipinski definition) is 4. The Balaban J connectivity index is 1.92. The van der Waals surface area contributed by atoms with E-state index in [2.05, 4.69) is 20.8 Å². The highest BCUT2D eigenvalue weighted by Crippen LogP contribution is 2.34. The maximum absolute atomic E-state index is 11.9. The fraction of sp³-hybridized carbons (Fsp3) is 0.556. The summed E-state index contributed by atoms with van der Waals surface area (Å²) in [6.45, 7) is 9.25. The standard InChI is InChI=1S/C18H24ClNO4/c1-5-23-17(22)9-16(21)20-10-13(11-20)24-15-7-6-12(19)8-14(15)18(2,3)4/h6-8,13H,5,9-11H2,1-4H3. The highest BCUT2D eigenvalue weighted by atomic mass is 35.5. The van der Waals surface area contributed by atoms with Crippen molar-refractivity contribution >= 4 is 23.5 Å². The zero-order chi connectivity index (χ0) is 17.9. The summed E-state index contributed by atoms with van der Waals surface area (Å²) in [6, 6.07) is 5.58. The number of carbonyl (C=O) groups is 2. The van der Waals surface area contributed by atoms with Gasteiger partial charge in [-0.15, -0.1) is 0 Å². The predicted molar refractivity (Wildman–Crippen MR) is 92.4 cm³/mol. The van der Waals surface area contributed by atoms with E-state index in [-0.39, 0.29) is 30.5 Å². The molecule has 0 spiro atoms. The summed E-state index contributed by atoms with van der Waals surface area (Å²) >= 11 is 6.09. The summed E-state index contributed by atoms with van der Waals surface area (Å²) in [5.41, 5.74) is 0.940. The molecular weight excluding hydrogens is 330 g/mol. The lowest BCUT2D eigenvalue weighted by molar-refractivity contribution is -0.152. The molecule has 0 N–H and O–H groups in total. The molecule has 5 nitrogen and oxygen atoms in total. The summed E-state index contributed by atoms with van der Waals surface area (Å²) < 4.78 is 10.8. The minimum atomic E-state index is -0.486. The molecule has 0 saturated carbocycles. The van der Waals surface area contributed by atoms with Crippen molar-refractivity contribution in [2.75, 3.05) is 19.7 Å². The number of carbonyl (C=O) groups excluding carboxylic acids is 2. The van der Waals surface area contributed by atoms with Gasteiger partial charge in [0.05, 0.1) is 19.7 Å². The Morgan fingerprint density at radius 1 is 1.29 bits per heavy atom. The maximum Gasteiger partial charge on any atom is 0.315 e. The molecule has 1 aromatic carbocycles. The Labute approximate surface area is 147 Å². The number of nitrogens with zero attached hydrogens (tertiary/aromatic N) is 1. The van der Waals surface area contributed by atoms with E-state index in [0.29, 0.717) is 18.1 Å². The van der Waals surface area contributed by atoms with Crippen molar-refractivity contribution in [1.29, 1.82) is 0 Å². The van der Waals surface area contributed by atoms with Crippen molar-refractivity contribution in [3.05, 3.63) is 28.8 Å². The second-order valence-electron chi connectivity index (χ2n) is 6.91. The Bertz CT molecular complexity index is 618. The third-order valence-electron chi connectivity index (χ3n) is 3.84. The van der Waals surface area contributed by atoms with Crippen LogP contribution in [-0.4, -0.2) is 42.6 Å². The van der Waals surface area contributed by atoms with Gasteiger partial charge >= 0.3 is 5.97 Å². The van der Waals surface area contributed by atoms with Crippen LogP contribution in [0.3, 0.4) is 0 Å². The summed E-state index contributed by atoms with van der Waals surface area (Å²) in [5, 5.41) is 0.673. The molecule has 24 heavy (non-hydrogen) atoms. The van der Waals surface area contributed by atoms with Gasteiger partial charge < -0.3 is 14.4 Å². The van der Waals surface area contributed by atoms with Crippen LogP contribution in [-0.2, 0) is 19.7 Å². The van der Waals surface area contributed by atoms with Gasteiger partial charge in [0.2, 0.25) is 5.91 Å². The van der Waals surface area contributed by atoms with Gasteiger partial charge in [0, 0.05) is 10.6 Å². The number of esters is 1. The van der Waals surface area contributed by atoms with Gasteiger partial charge in [-0.05, 0) is 30.5 Å². The molecule has 1 aliphatic heterocycles. The van der Waals surface area contributed by atoms with E-state index in [9.17, 15) is 9.59 Å². The van der Waals surface area contributed by atoms with Crippen LogP contribution in [0.2, 0.25) is 5.02 Å². The average molecular weight is 354 g/mol. The SMILES string of the molecule is CCOC(=O)CC(=O)N1CC(Oc2ccc(Cl)cc2C(C)(C)C)C1. The molecular formula is C18H24ClNO4. The molecule has 0 atom stereocenters. The summed E-state index contributed by atoms with van der Waals surface area (Å²) in [7, 11) is 0. The lowest BCUT2D eigenvalue weighted by Crippen LogP contribution is -2.56. The van der Waals surface area contributed by atoms with Crippen LogP contribution in [0.5, 0.6) is 5.75 Å². The molecule has 1 saturated heterocycles. The summed E-state index contributed by atoms with van der Waals surface area (Å²) in [5.74, 6) is 0.0782. The van der Waals surface area contributed by atoms with Crippen molar-refractivity contribution < 1.29 is 19.1 Å². The van der Waals surface area contributed by atoms with E-state index in [1.807, 2.05) is 12.1 Å². The molecule has 0 radical (unpaired) electrons. The van der Waals surface area contributed by atoms with E-state index in [4.69, 9.17) is 21.1 Å². The molecule has 1 fully saturated rings. The van der Waals surface area contributed by atoms with Crippen LogP contribution < -0.4 is 4.74 Å². The topological polar surface area (TPSA) is 55.8 Å². The van der Waals surface area contributed by atoms with Crippen molar-refractivity contribution in [3.8, 4) is 5.75 Å². The number of ether oxygens (including phenoxy) is 2. The van der Waals surface area contributed by atoms with Gasteiger partial charge in [0.25, 0.3) is 0 Å². The number of rotatable bonds is 5. The second-order valence-corrected chi connectivity index (χ2v) is 7.35. The Morgan fingerprint density at radius 2 is 1.96 bits per heavy atom. The normalized spacial score (nSPS) is 15.0. The molecule has 1 aromatic rings. The van der Waals surface area contributed by atoms with E-state index in [1.165, 1.54) is 0 Å². The van der Waals surface area contributed by atoms with Gasteiger partial charge in [-0.3, -0.25) is 9.59 Å². The largest absolute Gasteiger partial charge is 0.486 e. The molecule has 0 aromatic heterocycles. The van der Waals surface area contributed by atoms with Gasteiger partial charge in [-0.1, -0.05) is 32.4 Å². The van der Waals surface area contributed by atoms with Gasteiger partial charge in [0.1, 0.15) is 18.3 Å². The monoisotopic (exact) mass is 353 g/mol. The number of halogens is 1. The summed E-state index contributed by atoms with van der Waals surface area (Å²) in [4.78, 5) is 24.9. The highest BCUT2D eigenvalue weighted by molar-refractivity contribution is 6.30. The van der Waals surface area contributed by atoms with E-state index in [1.54, 1.807) is 17.9 Å². The fourth-order valence-electron chi connectivity index (χ4n) is 2.53. The fourth-order valence-corrected chi connectivity index (χ4v) is 2.71. The molecule has 132 valence electrons. The van der Waals surface area contributed by atoms with E-state index in [0.717, 1.165) is 11.3 Å². The zero-order valence-corrected chi connectivity index (χ0v) is 15.4. The molecule has 1 amide bonds. The quantitative estimate of drug-likeness (QED) is 0.602. The first-order valence-corrected chi connectivity index (χ1v) is 8.48. The van der Waals surface area contributed by atoms with Crippen molar-refractivity contribution in [3.63, 3.8) is 0 Å². The lowest BCUT2D eigenvalue weighted by atomic mass is 9.86. The number of likely N-dealkylation sites (tertiary alicyclic amines) is 1. The van der Waals surface area contributed by atoms with Crippen LogP contribution >= 0.6 is 11.6 Å². The molecule has 0 unspecified atom stereocenters. The van der Waals surface area contributed by atoms with Crippen LogP contribution in [0.4, 0.5) is 0 Å². The lowest BCUT2D eigenvalue weighted by Gasteiger charge is -2.39. The highest BCUT2D eigenvalue weighted by Gasteiger charge is 2.34. The smallest absolute Gasteiger partial charge is 0.315 e. The molecule has 0 aliphatic carbocycles. The number of benzene rings is 1. The van der Waals surface area contributed by atoms with Crippen LogP contribution in [0, 0.1) is 0 Å². The Hall–Kier alpha value is -1.75. The first-order chi connectivity index (χ1) is 11.2. The number of amides is 1. The minimum Gasteiger partial charge on any atom is -0.486 e. The van der Waals surface area contributed by atoms with Gasteiger partial charge in [0.15, 0.2) is 0 Å². The molecule has 1 aliphatic rings. The molecule has 2 rings (SSSR count). The van der Waals surface area contributed by atoms with Crippen LogP contribution in [0.1, 0.15) is 39.7 Å². The van der Waals surface area contributed by atoms with Crippen molar-refractivity contribution in [2.24, 2.45) is 0 Å². The van der Waals surface area contributed by atoms with Crippen LogP contribution in [0.15, 0.2) is 18.2 Å². The zero-order valence-electron chi connectivity index (χ0n) is 14.6. The average Bonchev–Trinajstić information content (AvgIpc) is 2.42. The van der Waals surface area contributed by atoms with E-state index >= 15 is 0 Å². The van der Waals surface area contributed by atoms with Gasteiger partial charge in [-0.25, -0.2) is 0 Å². The first-order valence-electron chi connectivity index (χ1n) is 8.10. The first kappa shape index (κ1) is 18.6.